The van der Waals surface area contributed by atoms with Crippen molar-refractivity contribution in [3.05, 3.63) is 0 Å². The molecule has 0 amide bonds. The molecule has 1 unspecified atom stereocenters. The molecule has 0 saturated heterocycles. The molecule has 0 radical (unpaired) electrons. The van der Waals surface area contributed by atoms with Gasteiger partial charge in [-0.05, 0) is 6.42 Å². The van der Waals surface area contributed by atoms with E-state index in [0.717, 1.165) is 19.3 Å². The summed E-state index contributed by atoms with van der Waals surface area (Å²) in [5, 5.41) is 18.2. The molecule has 0 fully saturated rings. The molecule has 3 N–H and O–H groups in total. The molecule has 0 saturated carbocycles. The quantitative estimate of drug-likeness (QED) is 0.0784. The number of carboxylic acid groups (broad SMARTS) is 2. The van der Waals surface area contributed by atoms with E-state index in [4.69, 9.17) is 5.11 Å². The predicted molar refractivity (Wildman–Crippen MR) is 141 cm³/mol. The number of hydrogen-bond donors (Lipinski definition) is 3. The summed E-state index contributed by atoms with van der Waals surface area (Å²) < 4.78 is 29.8. The minimum atomic E-state index is -5.03. The Morgan fingerprint density at radius 3 is 1.09 bits per heavy atom. The molecule has 0 aromatic carbocycles. The van der Waals surface area contributed by atoms with Gasteiger partial charge in [-0.15, -0.1) is 0 Å². The van der Waals surface area contributed by atoms with Gasteiger partial charge in [-0.25, -0.2) is 0 Å². The highest BCUT2D eigenvalue weighted by atomic mass is 32.2. The van der Waals surface area contributed by atoms with Crippen LogP contribution in [0.3, 0.4) is 0 Å². The van der Waals surface area contributed by atoms with E-state index in [1.807, 2.05) is 0 Å². The molecule has 0 aliphatic carbocycles. The van der Waals surface area contributed by atoms with E-state index < -0.39 is 39.6 Å². The van der Waals surface area contributed by atoms with E-state index in [0.29, 0.717) is 6.42 Å². The number of carboxylic acids is 2. The molecule has 8 heteroatoms. The highest BCUT2D eigenvalue weighted by molar-refractivity contribution is 7.88. The Bertz CT molecular complexity index is 648. The van der Waals surface area contributed by atoms with Crippen LogP contribution in [0.15, 0.2) is 0 Å². The van der Waals surface area contributed by atoms with E-state index in [-0.39, 0.29) is 6.42 Å². The van der Waals surface area contributed by atoms with Gasteiger partial charge in [0.05, 0.1) is 6.42 Å². The monoisotopic (exact) mass is 520 g/mol. The van der Waals surface area contributed by atoms with Gasteiger partial charge < -0.3 is 10.2 Å². The number of aliphatic carboxylic acids is 2. The van der Waals surface area contributed by atoms with Crippen LogP contribution in [0.5, 0.6) is 0 Å². The number of hydrogen-bond acceptors (Lipinski definition) is 4. The Morgan fingerprint density at radius 2 is 0.857 bits per heavy atom. The Hall–Kier alpha value is -1.15. The van der Waals surface area contributed by atoms with Gasteiger partial charge >= 0.3 is 11.9 Å². The Labute approximate surface area is 214 Å². The Balaban J connectivity index is 3.60. The summed E-state index contributed by atoms with van der Waals surface area (Å²) in [6.45, 7) is 2.26. The fraction of sp³-hybridized carbons (Fsp3) is 0.926. The molecule has 0 spiro atoms. The molecule has 0 heterocycles. The summed E-state index contributed by atoms with van der Waals surface area (Å²) in [5.74, 6) is -3.37. The standard InChI is InChI=1S/C27H52O7S/c1-2-3-4-5-6-7-8-9-10-11-12-13-14-15-16-17-18-19-20-21-22-23-27(26(30)31,24-25(28)29)35(32,33)34/h2-24H2,1H3,(H,28,29)(H,30,31)(H,32,33,34). The molecule has 0 rings (SSSR count). The third-order valence-corrected chi connectivity index (χ3v) is 8.52. The van der Waals surface area contributed by atoms with Gasteiger partial charge in [0.1, 0.15) is 0 Å². The van der Waals surface area contributed by atoms with Crippen molar-refractivity contribution in [1.29, 1.82) is 0 Å². The van der Waals surface area contributed by atoms with Crippen molar-refractivity contribution < 1.29 is 32.8 Å². The molecule has 7 nitrogen and oxygen atoms in total. The fourth-order valence-corrected chi connectivity index (χ4v) is 5.62. The van der Waals surface area contributed by atoms with Crippen LogP contribution in [0.25, 0.3) is 0 Å². The lowest BCUT2D eigenvalue weighted by Gasteiger charge is -2.24. The molecule has 0 bridgehead atoms. The first-order valence-electron chi connectivity index (χ1n) is 14.1. The molecule has 0 aromatic rings. The molecule has 0 aliphatic heterocycles. The molecule has 1 atom stereocenters. The van der Waals surface area contributed by atoms with Crippen molar-refractivity contribution in [3.63, 3.8) is 0 Å². The molecule has 35 heavy (non-hydrogen) atoms. The normalized spacial score (nSPS) is 13.5. The van der Waals surface area contributed by atoms with Gasteiger partial charge in [0.25, 0.3) is 10.1 Å². The van der Waals surface area contributed by atoms with E-state index in [1.165, 1.54) is 103 Å². The minimum absolute atomic E-state index is 0.248. The second kappa shape index (κ2) is 21.0. The smallest absolute Gasteiger partial charge is 0.328 e. The van der Waals surface area contributed by atoms with Crippen molar-refractivity contribution in [3.8, 4) is 0 Å². The van der Waals surface area contributed by atoms with Crippen molar-refractivity contribution in [1.82, 2.24) is 0 Å². The minimum Gasteiger partial charge on any atom is -0.481 e. The van der Waals surface area contributed by atoms with Gasteiger partial charge in [0.15, 0.2) is 0 Å². The molecular formula is C27H52O7S. The van der Waals surface area contributed by atoms with Crippen LogP contribution >= 0.6 is 0 Å². The van der Waals surface area contributed by atoms with Crippen molar-refractivity contribution in [2.24, 2.45) is 0 Å². The zero-order chi connectivity index (χ0) is 26.4. The predicted octanol–water partition coefficient (Wildman–Crippen LogP) is 7.77. The third-order valence-electron chi connectivity index (χ3n) is 7.00. The molecule has 0 aromatic heterocycles. The van der Waals surface area contributed by atoms with E-state index in [9.17, 15) is 27.7 Å². The maximum Gasteiger partial charge on any atom is 0.328 e. The van der Waals surface area contributed by atoms with Crippen LogP contribution in [-0.4, -0.2) is 39.9 Å². The summed E-state index contributed by atoms with van der Waals surface area (Å²) in [6.07, 6.45) is 23.7. The van der Waals surface area contributed by atoms with Crippen LogP contribution in [0.4, 0.5) is 0 Å². The molecule has 208 valence electrons. The number of rotatable bonds is 26. The summed E-state index contributed by atoms with van der Waals surface area (Å²) in [5.41, 5.74) is 0. The Kier molecular flexibility index (Phi) is 20.3. The molecular weight excluding hydrogens is 468 g/mol. The van der Waals surface area contributed by atoms with Gasteiger partial charge in [-0.2, -0.15) is 8.42 Å². The average molecular weight is 521 g/mol. The van der Waals surface area contributed by atoms with Gasteiger partial charge in [-0.3, -0.25) is 14.1 Å². The van der Waals surface area contributed by atoms with Crippen LogP contribution < -0.4 is 0 Å². The highest BCUT2D eigenvalue weighted by Crippen LogP contribution is 2.29. The zero-order valence-electron chi connectivity index (χ0n) is 22.1. The lowest BCUT2D eigenvalue weighted by atomic mass is 9.96. The maximum atomic E-state index is 11.6. The SMILES string of the molecule is CCCCCCCCCCCCCCCCCCCCCCCC(CC(=O)O)(C(=O)O)S(=O)(=O)O. The largest absolute Gasteiger partial charge is 0.481 e. The summed E-state index contributed by atoms with van der Waals surface area (Å²) >= 11 is 0. The highest BCUT2D eigenvalue weighted by Gasteiger charge is 2.51. The first-order chi connectivity index (χ1) is 16.7. The van der Waals surface area contributed by atoms with Crippen LogP contribution in [0, 0.1) is 0 Å². The van der Waals surface area contributed by atoms with Crippen molar-refractivity contribution in [2.75, 3.05) is 0 Å². The summed E-state index contributed by atoms with van der Waals surface area (Å²) in [4.78, 5) is 22.4. The summed E-state index contributed by atoms with van der Waals surface area (Å²) in [6, 6.07) is 0. The van der Waals surface area contributed by atoms with Crippen LogP contribution in [0.1, 0.15) is 155 Å². The first kappa shape index (κ1) is 33.8. The third kappa shape index (κ3) is 17.0. The lowest BCUT2D eigenvalue weighted by Crippen LogP contribution is -2.48. The summed E-state index contributed by atoms with van der Waals surface area (Å²) in [7, 11) is -5.03. The topological polar surface area (TPSA) is 129 Å². The van der Waals surface area contributed by atoms with E-state index in [2.05, 4.69) is 6.92 Å². The molecule has 0 aliphatic rings. The zero-order valence-corrected chi connectivity index (χ0v) is 23.0. The van der Waals surface area contributed by atoms with Gasteiger partial charge in [0, 0.05) is 0 Å². The van der Waals surface area contributed by atoms with Crippen molar-refractivity contribution in [2.45, 2.75) is 159 Å². The van der Waals surface area contributed by atoms with E-state index in [1.54, 1.807) is 0 Å². The van der Waals surface area contributed by atoms with Crippen molar-refractivity contribution >= 4 is 22.1 Å². The number of unbranched alkanes of at least 4 members (excludes halogenated alkanes) is 20. The van der Waals surface area contributed by atoms with E-state index >= 15 is 0 Å². The van der Waals surface area contributed by atoms with Crippen LogP contribution in [-0.2, 0) is 19.7 Å². The van der Waals surface area contributed by atoms with Gasteiger partial charge in [0.2, 0.25) is 4.75 Å². The Morgan fingerprint density at radius 1 is 0.571 bits per heavy atom. The lowest BCUT2D eigenvalue weighted by molar-refractivity contribution is -0.147. The second-order valence-corrected chi connectivity index (χ2v) is 11.9. The van der Waals surface area contributed by atoms with Crippen LogP contribution in [0.2, 0.25) is 0 Å². The maximum absolute atomic E-state index is 11.6. The average Bonchev–Trinajstić information content (AvgIpc) is 2.78. The second-order valence-electron chi connectivity index (χ2n) is 10.2. The first-order valence-corrected chi connectivity index (χ1v) is 15.5. The fourth-order valence-electron chi connectivity index (χ4n) is 4.69. The number of carbonyl (C=O) groups is 2. The van der Waals surface area contributed by atoms with Gasteiger partial charge in [-0.1, -0.05) is 142 Å².